The van der Waals surface area contributed by atoms with Crippen LogP contribution in [0.2, 0.25) is 0 Å². The SMILES string of the molecule is O=C(O)c1ccccc1NS(=O)(=O)c1cc([N+](=O)[O-])ccc1N/N=C/c1ccccc1O. The fraction of sp³-hybridized carbons (Fsp3) is 0. The van der Waals surface area contributed by atoms with Gasteiger partial charge in [-0.1, -0.05) is 24.3 Å². The summed E-state index contributed by atoms with van der Waals surface area (Å²) in [6.07, 6.45) is 1.24. The third-order valence-electron chi connectivity index (χ3n) is 4.19. The lowest BCUT2D eigenvalue weighted by atomic mass is 10.2. The van der Waals surface area contributed by atoms with Gasteiger partial charge in [-0.2, -0.15) is 5.10 Å². The van der Waals surface area contributed by atoms with E-state index in [-0.39, 0.29) is 22.7 Å². The molecule has 11 nitrogen and oxygen atoms in total. The molecule has 0 heterocycles. The number of para-hydroxylation sites is 2. The number of hydrogen-bond acceptors (Lipinski definition) is 8. The Kier molecular flexibility index (Phi) is 6.35. The molecule has 0 saturated heterocycles. The van der Waals surface area contributed by atoms with Crippen molar-refractivity contribution in [2.45, 2.75) is 4.90 Å². The number of carboxylic acids is 1. The largest absolute Gasteiger partial charge is 0.507 e. The predicted octanol–water partition coefficient (Wildman–Crippen LogP) is 3.25. The van der Waals surface area contributed by atoms with Crippen molar-refractivity contribution in [2.75, 3.05) is 10.1 Å². The number of phenolic OH excluding ortho intramolecular Hbond substituents is 1. The zero-order valence-corrected chi connectivity index (χ0v) is 17.0. The van der Waals surface area contributed by atoms with Crippen LogP contribution in [0.15, 0.2) is 76.7 Å². The number of sulfonamides is 1. The van der Waals surface area contributed by atoms with Gasteiger partial charge in [0, 0.05) is 17.7 Å². The third kappa shape index (κ3) is 4.99. The number of rotatable bonds is 8. The topological polar surface area (TPSA) is 171 Å². The molecule has 0 spiro atoms. The van der Waals surface area contributed by atoms with Crippen LogP contribution in [0, 0.1) is 10.1 Å². The second-order valence-electron chi connectivity index (χ2n) is 6.32. The van der Waals surface area contributed by atoms with Crippen molar-refractivity contribution in [1.82, 2.24) is 0 Å². The monoisotopic (exact) mass is 456 g/mol. The van der Waals surface area contributed by atoms with Crippen molar-refractivity contribution in [2.24, 2.45) is 5.10 Å². The molecule has 0 bridgehead atoms. The average molecular weight is 456 g/mol. The number of nitro groups is 1. The van der Waals surface area contributed by atoms with Gasteiger partial charge >= 0.3 is 5.97 Å². The summed E-state index contributed by atoms with van der Waals surface area (Å²) >= 11 is 0. The Hall–Kier alpha value is -4.45. The predicted molar refractivity (Wildman–Crippen MR) is 117 cm³/mol. The minimum absolute atomic E-state index is 0.0541. The van der Waals surface area contributed by atoms with Gasteiger partial charge in [-0.15, -0.1) is 0 Å². The smallest absolute Gasteiger partial charge is 0.337 e. The van der Waals surface area contributed by atoms with Crippen molar-refractivity contribution in [3.63, 3.8) is 0 Å². The summed E-state index contributed by atoms with van der Waals surface area (Å²) < 4.78 is 28.1. The van der Waals surface area contributed by atoms with Crippen LogP contribution in [0.4, 0.5) is 17.1 Å². The summed E-state index contributed by atoms with van der Waals surface area (Å²) in [4.78, 5) is 21.3. The molecule has 0 amide bonds. The van der Waals surface area contributed by atoms with E-state index in [1.165, 1.54) is 36.5 Å². The molecule has 0 saturated carbocycles. The molecule has 12 heteroatoms. The zero-order chi connectivity index (χ0) is 23.3. The second-order valence-corrected chi connectivity index (χ2v) is 7.97. The normalized spacial score (nSPS) is 11.2. The van der Waals surface area contributed by atoms with E-state index in [1.807, 2.05) is 0 Å². The molecular formula is C20H16N4O7S. The van der Waals surface area contributed by atoms with Crippen molar-refractivity contribution < 1.29 is 28.3 Å². The van der Waals surface area contributed by atoms with E-state index in [9.17, 15) is 33.5 Å². The second kappa shape index (κ2) is 9.14. The molecule has 164 valence electrons. The van der Waals surface area contributed by atoms with Gasteiger partial charge in [0.25, 0.3) is 15.7 Å². The van der Waals surface area contributed by atoms with E-state index in [4.69, 9.17) is 0 Å². The number of anilines is 2. The summed E-state index contributed by atoms with van der Waals surface area (Å²) in [5.74, 6) is -1.41. The molecule has 3 aromatic rings. The molecule has 32 heavy (non-hydrogen) atoms. The summed E-state index contributed by atoms with van der Waals surface area (Å²) in [6, 6.07) is 14.7. The van der Waals surface area contributed by atoms with Crippen LogP contribution < -0.4 is 10.1 Å². The van der Waals surface area contributed by atoms with Gasteiger partial charge in [0.15, 0.2) is 0 Å². The fourth-order valence-corrected chi connectivity index (χ4v) is 3.92. The molecule has 0 radical (unpaired) electrons. The maximum Gasteiger partial charge on any atom is 0.337 e. The lowest BCUT2D eigenvalue weighted by Gasteiger charge is -2.13. The Labute approximate surface area is 181 Å². The van der Waals surface area contributed by atoms with Gasteiger partial charge in [-0.25, -0.2) is 13.2 Å². The first kappa shape index (κ1) is 22.2. The van der Waals surface area contributed by atoms with Crippen LogP contribution in [-0.4, -0.2) is 35.7 Å². The van der Waals surface area contributed by atoms with E-state index < -0.39 is 31.5 Å². The Balaban J connectivity index is 2.00. The molecule has 0 aromatic heterocycles. The molecule has 0 aliphatic rings. The highest BCUT2D eigenvalue weighted by Gasteiger charge is 2.24. The zero-order valence-electron chi connectivity index (χ0n) is 16.2. The minimum Gasteiger partial charge on any atom is -0.507 e. The Morgan fingerprint density at radius 2 is 1.72 bits per heavy atom. The maximum atomic E-state index is 13.0. The van der Waals surface area contributed by atoms with E-state index in [0.717, 1.165) is 18.2 Å². The number of carboxylic acid groups (broad SMARTS) is 1. The third-order valence-corrected chi connectivity index (χ3v) is 5.60. The van der Waals surface area contributed by atoms with Crippen LogP contribution in [0.5, 0.6) is 5.75 Å². The number of aromatic carboxylic acids is 1. The quantitative estimate of drug-likeness (QED) is 0.227. The number of phenols is 1. The molecule has 3 rings (SSSR count). The summed E-state index contributed by atoms with van der Waals surface area (Å²) in [6.45, 7) is 0. The number of non-ortho nitro benzene ring substituents is 1. The lowest BCUT2D eigenvalue weighted by molar-refractivity contribution is -0.385. The van der Waals surface area contributed by atoms with Gasteiger partial charge < -0.3 is 10.2 Å². The fourth-order valence-electron chi connectivity index (χ4n) is 2.67. The van der Waals surface area contributed by atoms with Gasteiger partial charge in [-0.05, 0) is 30.3 Å². The van der Waals surface area contributed by atoms with Gasteiger partial charge in [0.1, 0.15) is 10.6 Å². The van der Waals surface area contributed by atoms with Crippen LogP contribution >= 0.6 is 0 Å². The van der Waals surface area contributed by atoms with Crippen LogP contribution in [0.25, 0.3) is 0 Å². The van der Waals surface area contributed by atoms with Crippen molar-refractivity contribution in [3.8, 4) is 5.75 Å². The molecule has 0 aliphatic heterocycles. The molecule has 0 aliphatic carbocycles. The average Bonchev–Trinajstić information content (AvgIpc) is 2.75. The van der Waals surface area contributed by atoms with Crippen molar-refractivity contribution >= 4 is 39.3 Å². The first-order chi connectivity index (χ1) is 15.2. The van der Waals surface area contributed by atoms with E-state index in [2.05, 4.69) is 15.2 Å². The number of hydrazone groups is 1. The van der Waals surface area contributed by atoms with E-state index >= 15 is 0 Å². The highest BCUT2D eigenvalue weighted by Crippen LogP contribution is 2.29. The number of hydrogen-bond donors (Lipinski definition) is 4. The van der Waals surface area contributed by atoms with Gasteiger partial charge in [0.05, 0.1) is 28.1 Å². The first-order valence-corrected chi connectivity index (χ1v) is 10.4. The number of aromatic hydroxyl groups is 1. The summed E-state index contributed by atoms with van der Waals surface area (Å²) in [7, 11) is -4.46. The van der Waals surface area contributed by atoms with Crippen molar-refractivity contribution in [3.05, 3.63) is 88.0 Å². The standard InChI is InChI=1S/C20H16N4O7S/c25-18-8-4-1-5-13(18)12-21-22-17-10-9-14(24(28)29)11-19(17)32(30,31)23-16-7-3-2-6-15(16)20(26)27/h1-12,22-23,25H,(H,26,27)/b21-12+. The summed E-state index contributed by atoms with van der Waals surface area (Å²) in [5, 5.41) is 34.1. The van der Waals surface area contributed by atoms with Gasteiger partial charge in [0.2, 0.25) is 0 Å². The van der Waals surface area contributed by atoms with Crippen molar-refractivity contribution in [1.29, 1.82) is 0 Å². The maximum absolute atomic E-state index is 13.0. The van der Waals surface area contributed by atoms with Crippen LogP contribution in [0.3, 0.4) is 0 Å². The first-order valence-electron chi connectivity index (χ1n) is 8.89. The number of carbonyl (C=O) groups is 1. The van der Waals surface area contributed by atoms with Crippen LogP contribution in [0.1, 0.15) is 15.9 Å². The molecule has 0 unspecified atom stereocenters. The van der Waals surface area contributed by atoms with E-state index in [0.29, 0.717) is 5.56 Å². The molecule has 0 atom stereocenters. The Morgan fingerprint density at radius 3 is 2.41 bits per heavy atom. The molecule has 3 aromatic carbocycles. The number of nitrogens with one attached hydrogen (secondary N) is 2. The number of nitro benzene ring substituents is 1. The number of nitrogens with zero attached hydrogens (tertiary/aromatic N) is 2. The van der Waals surface area contributed by atoms with E-state index in [1.54, 1.807) is 18.2 Å². The lowest BCUT2D eigenvalue weighted by Crippen LogP contribution is -2.17. The minimum atomic E-state index is -4.46. The highest BCUT2D eigenvalue weighted by atomic mass is 32.2. The number of benzene rings is 3. The Bertz CT molecular complexity index is 1320. The Morgan fingerprint density at radius 1 is 1.03 bits per heavy atom. The highest BCUT2D eigenvalue weighted by molar-refractivity contribution is 7.93. The summed E-state index contributed by atoms with van der Waals surface area (Å²) in [5.41, 5.74) is 1.72. The molecular weight excluding hydrogens is 440 g/mol. The van der Waals surface area contributed by atoms with Gasteiger partial charge in [-0.3, -0.25) is 20.3 Å². The molecule has 4 N–H and O–H groups in total. The van der Waals surface area contributed by atoms with Crippen LogP contribution in [-0.2, 0) is 10.0 Å². The molecule has 0 fully saturated rings.